The van der Waals surface area contributed by atoms with Gasteiger partial charge in [-0.05, 0) is 66.3 Å². The van der Waals surface area contributed by atoms with E-state index in [9.17, 15) is 4.79 Å². The van der Waals surface area contributed by atoms with Crippen molar-refractivity contribution in [3.05, 3.63) is 54.1 Å². The monoisotopic (exact) mass is 377 g/mol. The third kappa shape index (κ3) is 5.04. The number of carbonyl (C=O) groups is 1. The third-order valence-corrected chi connectivity index (χ3v) is 6.46. The fourth-order valence-corrected chi connectivity index (χ4v) is 4.48. The molecule has 150 valence electrons. The molecule has 0 N–H and O–H groups in total. The molecule has 2 heteroatoms. The largest absolute Gasteiger partial charge is 0.316 e. The number of rotatable bonds is 7. The van der Waals surface area contributed by atoms with Crippen LogP contribution in [0, 0.1) is 5.92 Å². The highest BCUT2D eigenvalue weighted by molar-refractivity contribution is 5.92. The Labute approximate surface area is 171 Å². The summed E-state index contributed by atoms with van der Waals surface area (Å²) in [4.78, 5) is 13.6. The first-order chi connectivity index (χ1) is 13.6. The van der Waals surface area contributed by atoms with E-state index in [4.69, 9.17) is 0 Å². The van der Waals surface area contributed by atoms with Crippen LogP contribution in [0.2, 0.25) is 0 Å². The third-order valence-electron chi connectivity index (χ3n) is 6.46. The molecule has 2 aromatic rings. The molecule has 1 amide bonds. The Balaban J connectivity index is 1.61. The van der Waals surface area contributed by atoms with E-state index in [1.165, 1.54) is 61.6 Å². The van der Waals surface area contributed by atoms with Crippen LogP contribution in [-0.2, 0) is 4.79 Å². The van der Waals surface area contributed by atoms with Gasteiger partial charge >= 0.3 is 0 Å². The molecule has 1 aliphatic carbocycles. The van der Waals surface area contributed by atoms with E-state index >= 15 is 0 Å². The zero-order valence-electron chi connectivity index (χ0n) is 17.8. The summed E-state index contributed by atoms with van der Waals surface area (Å²) in [5.41, 5.74) is 4.90. The summed E-state index contributed by atoms with van der Waals surface area (Å²) in [5, 5.41) is 0. The number of benzene rings is 2. The predicted molar refractivity (Wildman–Crippen MR) is 120 cm³/mol. The van der Waals surface area contributed by atoms with Crippen molar-refractivity contribution in [2.75, 3.05) is 11.9 Å². The van der Waals surface area contributed by atoms with Crippen LogP contribution in [0.4, 0.5) is 5.69 Å². The number of hydrogen-bond donors (Lipinski definition) is 0. The molecular weight excluding hydrogens is 342 g/mol. The molecular formula is C26H35NO. The zero-order valence-corrected chi connectivity index (χ0v) is 17.8. The lowest BCUT2D eigenvalue weighted by atomic mass is 9.77. The van der Waals surface area contributed by atoms with Gasteiger partial charge in [-0.2, -0.15) is 0 Å². The van der Waals surface area contributed by atoms with E-state index in [1.807, 2.05) is 26.1 Å². The van der Waals surface area contributed by atoms with E-state index in [0.717, 1.165) is 17.5 Å². The summed E-state index contributed by atoms with van der Waals surface area (Å²) < 4.78 is 0. The van der Waals surface area contributed by atoms with Crippen molar-refractivity contribution in [1.82, 2.24) is 0 Å². The summed E-state index contributed by atoms with van der Waals surface area (Å²) in [7, 11) is 1.84. The van der Waals surface area contributed by atoms with Gasteiger partial charge in [-0.3, -0.25) is 4.79 Å². The molecule has 2 aromatic carbocycles. The highest BCUT2D eigenvalue weighted by atomic mass is 16.2. The molecule has 0 unspecified atom stereocenters. The summed E-state index contributed by atoms with van der Waals surface area (Å²) >= 11 is 0. The number of nitrogens with zero attached hydrogens (tertiary/aromatic N) is 1. The van der Waals surface area contributed by atoms with E-state index in [-0.39, 0.29) is 5.91 Å². The van der Waals surface area contributed by atoms with E-state index < -0.39 is 0 Å². The summed E-state index contributed by atoms with van der Waals surface area (Å²) in [6, 6.07) is 17.5. The Morgan fingerprint density at radius 2 is 1.46 bits per heavy atom. The molecule has 0 radical (unpaired) electrons. The maximum absolute atomic E-state index is 11.9. The van der Waals surface area contributed by atoms with Crippen LogP contribution >= 0.6 is 0 Å². The lowest BCUT2D eigenvalue weighted by Gasteiger charge is -2.29. The van der Waals surface area contributed by atoms with Gasteiger partial charge in [-0.1, -0.05) is 69.5 Å². The average Bonchev–Trinajstić information content (AvgIpc) is 2.77. The Hall–Kier alpha value is -2.09. The van der Waals surface area contributed by atoms with E-state index in [1.54, 1.807) is 4.90 Å². The molecule has 0 aliphatic heterocycles. The lowest BCUT2D eigenvalue weighted by molar-refractivity contribution is -0.118. The van der Waals surface area contributed by atoms with Crippen LogP contribution in [0.15, 0.2) is 48.5 Å². The molecule has 28 heavy (non-hydrogen) atoms. The van der Waals surface area contributed by atoms with Crippen LogP contribution in [0.25, 0.3) is 11.1 Å². The second-order valence-electron chi connectivity index (χ2n) is 8.34. The fourth-order valence-electron chi connectivity index (χ4n) is 4.48. The second kappa shape index (κ2) is 9.91. The summed E-state index contributed by atoms with van der Waals surface area (Å²) in [6.07, 6.45) is 10.2. The van der Waals surface area contributed by atoms with Crippen molar-refractivity contribution in [3.63, 3.8) is 0 Å². The standard InChI is InChI=1S/C26H35NO/c1-4-6-7-20-8-10-21(11-9-20)22-12-14-23(15-13-22)24-16-18-25(19-17-24)27(3)26(28)5-2/h12-21H,4-11H2,1-3H3. The van der Waals surface area contributed by atoms with Crippen molar-refractivity contribution < 1.29 is 4.79 Å². The van der Waals surface area contributed by atoms with Gasteiger partial charge in [0.2, 0.25) is 5.91 Å². The Morgan fingerprint density at radius 3 is 2.00 bits per heavy atom. The molecule has 1 aliphatic rings. The Morgan fingerprint density at radius 1 is 0.893 bits per heavy atom. The topological polar surface area (TPSA) is 20.3 Å². The first kappa shape index (κ1) is 20.6. The van der Waals surface area contributed by atoms with Crippen molar-refractivity contribution in [2.45, 2.75) is 71.1 Å². The minimum atomic E-state index is 0.140. The maximum Gasteiger partial charge on any atom is 0.226 e. The first-order valence-corrected chi connectivity index (χ1v) is 11.1. The minimum absolute atomic E-state index is 0.140. The van der Waals surface area contributed by atoms with Crippen molar-refractivity contribution >= 4 is 11.6 Å². The second-order valence-corrected chi connectivity index (χ2v) is 8.34. The predicted octanol–water partition coefficient (Wildman–Crippen LogP) is 7.19. The summed E-state index contributed by atoms with van der Waals surface area (Å²) in [6.45, 7) is 4.19. The number of amides is 1. The van der Waals surface area contributed by atoms with Crippen LogP contribution in [0.3, 0.4) is 0 Å². The van der Waals surface area contributed by atoms with Gasteiger partial charge in [0.05, 0.1) is 0 Å². The Bertz CT molecular complexity index is 739. The lowest BCUT2D eigenvalue weighted by Crippen LogP contribution is -2.24. The maximum atomic E-state index is 11.9. The molecule has 0 heterocycles. The van der Waals surface area contributed by atoms with E-state index in [0.29, 0.717) is 6.42 Å². The van der Waals surface area contributed by atoms with Gasteiger partial charge in [0.15, 0.2) is 0 Å². The van der Waals surface area contributed by atoms with Crippen molar-refractivity contribution in [2.24, 2.45) is 5.92 Å². The van der Waals surface area contributed by atoms with Gasteiger partial charge in [0.25, 0.3) is 0 Å². The van der Waals surface area contributed by atoms with Crippen LogP contribution in [0.1, 0.15) is 76.7 Å². The van der Waals surface area contributed by atoms with Crippen LogP contribution < -0.4 is 4.90 Å². The number of unbranched alkanes of at least 4 members (excludes halogenated alkanes) is 1. The number of carbonyl (C=O) groups excluding carboxylic acids is 1. The molecule has 3 rings (SSSR count). The molecule has 1 saturated carbocycles. The normalized spacial score (nSPS) is 19.4. The average molecular weight is 378 g/mol. The molecule has 1 fully saturated rings. The SMILES string of the molecule is CCCCC1CCC(c2ccc(-c3ccc(N(C)C(=O)CC)cc3)cc2)CC1. The molecule has 0 bridgehead atoms. The zero-order chi connectivity index (χ0) is 19.9. The number of anilines is 1. The van der Waals surface area contributed by atoms with Crippen molar-refractivity contribution in [3.8, 4) is 11.1 Å². The fraction of sp³-hybridized carbons (Fsp3) is 0.500. The quantitative estimate of drug-likeness (QED) is 0.500. The molecule has 0 spiro atoms. The molecule has 0 atom stereocenters. The van der Waals surface area contributed by atoms with E-state index in [2.05, 4.69) is 43.3 Å². The van der Waals surface area contributed by atoms with Gasteiger partial charge in [-0.25, -0.2) is 0 Å². The molecule has 2 nitrogen and oxygen atoms in total. The van der Waals surface area contributed by atoms with Gasteiger partial charge in [0, 0.05) is 19.2 Å². The minimum Gasteiger partial charge on any atom is -0.316 e. The van der Waals surface area contributed by atoms with Gasteiger partial charge < -0.3 is 4.90 Å². The highest BCUT2D eigenvalue weighted by Crippen LogP contribution is 2.38. The number of hydrogen-bond acceptors (Lipinski definition) is 1. The molecule has 0 saturated heterocycles. The van der Waals surface area contributed by atoms with Gasteiger partial charge in [-0.15, -0.1) is 0 Å². The van der Waals surface area contributed by atoms with Crippen LogP contribution in [0.5, 0.6) is 0 Å². The highest BCUT2D eigenvalue weighted by Gasteiger charge is 2.21. The molecule has 0 aromatic heterocycles. The van der Waals surface area contributed by atoms with Gasteiger partial charge in [0.1, 0.15) is 0 Å². The van der Waals surface area contributed by atoms with Crippen LogP contribution in [-0.4, -0.2) is 13.0 Å². The van der Waals surface area contributed by atoms with Crippen molar-refractivity contribution in [1.29, 1.82) is 0 Å². The summed E-state index contributed by atoms with van der Waals surface area (Å²) in [5.74, 6) is 1.84. The first-order valence-electron chi connectivity index (χ1n) is 11.1. The Kier molecular flexibility index (Phi) is 7.30. The smallest absolute Gasteiger partial charge is 0.226 e.